The lowest BCUT2D eigenvalue weighted by atomic mass is 10.3. The van der Waals surface area contributed by atoms with Crippen LogP contribution in [0.2, 0.25) is 0 Å². The van der Waals surface area contributed by atoms with E-state index in [1.807, 2.05) is 0 Å². The lowest BCUT2D eigenvalue weighted by Crippen LogP contribution is -2.35. The summed E-state index contributed by atoms with van der Waals surface area (Å²) >= 11 is 0. The first-order valence-electron chi connectivity index (χ1n) is 6.13. The first-order valence-corrected chi connectivity index (χ1v) is 6.13. The number of hydrogen-bond donors (Lipinski definition) is 1. The molecule has 5 heteroatoms. The molecular weight excluding hydrogens is 216 g/mol. The van der Waals surface area contributed by atoms with Crippen molar-refractivity contribution < 1.29 is 4.74 Å². The molecule has 5 nitrogen and oxygen atoms in total. The standard InChI is InChI=1S/C12H20N4O/c1-10(16-5-3-4-6-16)7-13-12-14-8-11(17-2)9-15-12/h8-10H,3-7H2,1-2H3,(H,13,14,15). The second-order valence-corrected chi connectivity index (χ2v) is 4.42. The highest BCUT2D eigenvalue weighted by Crippen LogP contribution is 2.12. The Morgan fingerprint density at radius 2 is 2.00 bits per heavy atom. The molecule has 1 N–H and O–H groups in total. The molecular formula is C12H20N4O. The number of likely N-dealkylation sites (tertiary alicyclic amines) is 1. The molecule has 0 radical (unpaired) electrons. The van der Waals surface area contributed by atoms with E-state index >= 15 is 0 Å². The minimum atomic E-state index is 0.531. The summed E-state index contributed by atoms with van der Waals surface area (Å²) in [6.45, 7) is 5.55. The molecule has 0 bridgehead atoms. The third-order valence-electron chi connectivity index (χ3n) is 3.18. The lowest BCUT2D eigenvalue weighted by molar-refractivity contribution is 0.269. The highest BCUT2D eigenvalue weighted by atomic mass is 16.5. The molecule has 0 aromatic carbocycles. The number of nitrogens with zero attached hydrogens (tertiary/aromatic N) is 3. The van der Waals surface area contributed by atoms with Gasteiger partial charge in [0.05, 0.1) is 19.5 Å². The van der Waals surface area contributed by atoms with Gasteiger partial charge in [0.25, 0.3) is 0 Å². The van der Waals surface area contributed by atoms with Crippen LogP contribution in [0, 0.1) is 0 Å². The summed E-state index contributed by atoms with van der Waals surface area (Å²) in [5, 5.41) is 3.25. The summed E-state index contributed by atoms with van der Waals surface area (Å²) in [7, 11) is 1.61. The van der Waals surface area contributed by atoms with Gasteiger partial charge in [-0.15, -0.1) is 0 Å². The van der Waals surface area contributed by atoms with Gasteiger partial charge in [0, 0.05) is 12.6 Å². The van der Waals surface area contributed by atoms with Crippen LogP contribution in [0.4, 0.5) is 5.95 Å². The molecule has 1 aromatic heterocycles. The van der Waals surface area contributed by atoms with Gasteiger partial charge < -0.3 is 10.1 Å². The van der Waals surface area contributed by atoms with Crippen LogP contribution in [-0.2, 0) is 0 Å². The molecule has 0 amide bonds. The number of ether oxygens (including phenoxy) is 1. The van der Waals surface area contributed by atoms with Crippen molar-refractivity contribution in [3.63, 3.8) is 0 Å². The Labute approximate surface area is 102 Å². The summed E-state index contributed by atoms with van der Waals surface area (Å²) < 4.78 is 5.02. The number of rotatable bonds is 5. The fraction of sp³-hybridized carbons (Fsp3) is 0.667. The van der Waals surface area contributed by atoms with Crippen LogP contribution in [0.25, 0.3) is 0 Å². The van der Waals surface area contributed by atoms with Crippen molar-refractivity contribution in [1.29, 1.82) is 0 Å². The predicted molar refractivity (Wildman–Crippen MR) is 67.3 cm³/mol. The Hall–Kier alpha value is -1.36. The Morgan fingerprint density at radius 1 is 1.35 bits per heavy atom. The fourth-order valence-electron chi connectivity index (χ4n) is 2.06. The predicted octanol–water partition coefficient (Wildman–Crippen LogP) is 1.38. The van der Waals surface area contributed by atoms with Crippen LogP contribution < -0.4 is 10.1 Å². The Balaban J connectivity index is 1.80. The maximum atomic E-state index is 5.02. The third-order valence-corrected chi connectivity index (χ3v) is 3.18. The Bertz CT molecular complexity index is 335. The number of methoxy groups -OCH3 is 1. The Kier molecular flexibility index (Phi) is 4.14. The van der Waals surface area contributed by atoms with Crippen LogP contribution in [0.3, 0.4) is 0 Å². The monoisotopic (exact) mass is 236 g/mol. The fourth-order valence-corrected chi connectivity index (χ4v) is 2.06. The number of aromatic nitrogens is 2. The summed E-state index contributed by atoms with van der Waals surface area (Å²) in [5.41, 5.74) is 0. The first kappa shape index (κ1) is 12.1. The maximum Gasteiger partial charge on any atom is 0.222 e. The molecule has 1 unspecified atom stereocenters. The van der Waals surface area contributed by atoms with Gasteiger partial charge in [-0.1, -0.05) is 0 Å². The molecule has 0 saturated carbocycles. The Morgan fingerprint density at radius 3 is 2.59 bits per heavy atom. The van der Waals surface area contributed by atoms with E-state index in [1.54, 1.807) is 19.5 Å². The van der Waals surface area contributed by atoms with Crippen molar-refractivity contribution in [3.05, 3.63) is 12.4 Å². The topological polar surface area (TPSA) is 50.3 Å². The van der Waals surface area contributed by atoms with E-state index in [0.29, 0.717) is 17.7 Å². The van der Waals surface area contributed by atoms with Crippen molar-refractivity contribution in [3.8, 4) is 5.75 Å². The summed E-state index contributed by atoms with van der Waals surface area (Å²) in [6, 6.07) is 0.531. The zero-order valence-electron chi connectivity index (χ0n) is 10.5. The van der Waals surface area contributed by atoms with Crippen molar-refractivity contribution >= 4 is 5.95 Å². The molecule has 17 heavy (non-hydrogen) atoms. The molecule has 1 saturated heterocycles. The van der Waals surface area contributed by atoms with E-state index in [-0.39, 0.29) is 0 Å². The zero-order chi connectivity index (χ0) is 12.1. The average molecular weight is 236 g/mol. The van der Waals surface area contributed by atoms with Crippen LogP contribution in [0.5, 0.6) is 5.75 Å². The molecule has 2 rings (SSSR count). The minimum absolute atomic E-state index is 0.531. The summed E-state index contributed by atoms with van der Waals surface area (Å²) in [4.78, 5) is 10.9. The molecule has 1 aliphatic heterocycles. The second kappa shape index (κ2) is 5.82. The SMILES string of the molecule is COc1cnc(NCC(C)N2CCCC2)nc1. The van der Waals surface area contributed by atoms with Crippen LogP contribution in [-0.4, -0.2) is 47.7 Å². The smallest absolute Gasteiger partial charge is 0.222 e. The number of nitrogens with one attached hydrogen (secondary N) is 1. The van der Waals surface area contributed by atoms with E-state index in [1.165, 1.54) is 25.9 Å². The highest BCUT2D eigenvalue weighted by Gasteiger charge is 2.17. The van der Waals surface area contributed by atoms with Gasteiger partial charge in [-0.05, 0) is 32.9 Å². The van der Waals surface area contributed by atoms with E-state index in [0.717, 1.165) is 6.54 Å². The van der Waals surface area contributed by atoms with Gasteiger partial charge in [0.1, 0.15) is 0 Å². The van der Waals surface area contributed by atoms with Gasteiger partial charge >= 0.3 is 0 Å². The van der Waals surface area contributed by atoms with Crippen LogP contribution in [0.15, 0.2) is 12.4 Å². The van der Waals surface area contributed by atoms with Crippen LogP contribution >= 0.6 is 0 Å². The van der Waals surface area contributed by atoms with E-state index in [2.05, 4.69) is 27.1 Å². The molecule has 1 aromatic rings. The van der Waals surface area contributed by atoms with Gasteiger partial charge in [0.15, 0.2) is 5.75 Å². The molecule has 1 fully saturated rings. The summed E-state index contributed by atoms with van der Waals surface area (Å²) in [5.74, 6) is 1.35. The van der Waals surface area contributed by atoms with Crippen LogP contribution in [0.1, 0.15) is 19.8 Å². The summed E-state index contributed by atoms with van der Waals surface area (Å²) in [6.07, 6.45) is 6.00. The zero-order valence-corrected chi connectivity index (χ0v) is 10.5. The van der Waals surface area contributed by atoms with Crippen molar-refractivity contribution in [1.82, 2.24) is 14.9 Å². The molecule has 2 heterocycles. The average Bonchev–Trinajstić information content (AvgIpc) is 2.90. The molecule has 94 valence electrons. The van der Waals surface area contributed by atoms with E-state index < -0.39 is 0 Å². The van der Waals surface area contributed by atoms with Crippen molar-refractivity contribution in [2.45, 2.75) is 25.8 Å². The second-order valence-electron chi connectivity index (χ2n) is 4.42. The molecule has 1 aliphatic rings. The van der Waals surface area contributed by atoms with Gasteiger partial charge in [-0.3, -0.25) is 4.90 Å². The lowest BCUT2D eigenvalue weighted by Gasteiger charge is -2.23. The quantitative estimate of drug-likeness (QED) is 0.837. The molecule has 0 aliphatic carbocycles. The normalized spacial score (nSPS) is 18.0. The maximum absolute atomic E-state index is 5.02. The van der Waals surface area contributed by atoms with Crippen molar-refractivity contribution in [2.75, 3.05) is 32.1 Å². The largest absolute Gasteiger partial charge is 0.494 e. The third kappa shape index (κ3) is 3.30. The van der Waals surface area contributed by atoms with Gasteiger partial charge in [-0.25, -0.2) is 9.97 Å². The highest BCUT2D eigenvalue weighted by molar-refractivity contribution is 5.27. The van der Waals surface area contributed by atoms with Crippen molar-refractivity contribution in [2.24, 2.45) is 0 Å². The minimum Gasteiger partial charge on any atom is -0.494 e. The van der Waals surface area contributed by atoms with E-state index in [4.69, 9.17) is 4.74 Å². The number of anilines is 1. The van der Waals surface area contributed by atoms with Gasteiger partial charge in [0.2, 0.25) is 5.95 Å². The molecule has 1 atom stereocenters. The molecule has 0 spiro atoms. The van der Waals surface area contributed by atoms with Gasteiger partial charge in [-0.2, -0.15) is 0 Å². The number of hydrogen-bond acceptors (Lipinski definition) is 5. The van der Waals surface area contributed by atoms with E-state index in [9.17, 15) is 0 Å². The first-order chi connectivity index (χ1) is 8.29.